The van der Waals surface area contributed by atoms with E-state index in [9.17, 15) is 24.5 Å². The van der Waals surface area contributed by atoms with Crippen molar-refractivity contribution >= 4 is 11.7 Å². The SMILES string of the molecule is O=C(NCCc1cc(O)c(O)c(O)c1)Nc1ccc(F)cc1. The lowest BCUT2D eigenvalue weighted by Gasteiger charge is -2.09. The van der Waals surface area contributed by atoms with Crippen molar-refractivity contribution in [2.75, 3.05) is 11.9 Å². The van der Waals surface area contributed by atoms with Crippen LogP contribution in [0, 0.1) is 5.82 Å². The van der Waals surface area contributed by atoms with Gasteiger partial charge in [-0.25, -0.2) is 9.18 Å². The van der Waals surface area contributed by atoms with Crippen molar-refractivity contribution < 1.29 is 24.5 Å². The summed E-state index contributed by atoms with van der Waals surface area (Å²) < 4.78 is 12.7. The third-order valence-corrected chi connectivity index (χ3v) is 2.93. The number of phenolic OH excluding ortho intramolecular Hbond substituents is 3. The summed E-state index contributed by atoms with van der Waals surface area (Å²) in [6.45, 7) is 0.247. The molecule has 0 bridgehead atoms. The molecule has 0 saturated carbocycles. The van der Waals surface area contributed by atoms with Crippen LogP contribution in [0.15, 0.2) is 36.4 Å². The Morgan fingerprint density at radius 3 is 2.23 bits per heavy atom. The number of benzene rings is 2. The summed E-state index contributed by atoms with van der Waals surface area (Å²) in [5.41, 5.74) is 1.01. The van der Waals surface area contributed by atoms with E-state index in [-0.39, 0.29) is 6.54 Å². The first-order valence-corrected chi connectivity index (χ1v) is 6.50. The first kappa shape index (κ1) is 15.4. The van der Waals surface area contributed by atoms with E-state index in [0.29, 0.717) is 17.7 Å². The molecule has 0 aliphatic heterocycles. The first-order valence-electron chi connectivity index (χ1n) is 6.50. The van der Waals surface area contributed by atoms with Gasteiger partial charge in [0.1, 0.15) is 5.82 Å². The number of urea groups is 1. The molecule has 7 heteroatoms. The zero-order valence-electron chi connectivity index (χ0n) is 11.5. The molecule has 116 valence electrons. The Morgan fingerprint density at radius 2 is 1.64 bits per heavy atom. The minimum atomic E-state index is -0.578. The number of hydrogen-bond acceptors (Lipinski definition) is 4. The third kappa shape index (κ3) is 4.02. The summed E-state index contributed by atoms with van der Waals surface area (Å²) in [5, 5.41) is 33.1. The quantitative estimate of drug-likeness (QED) is 0.559. The molecule has 0 atom stereocenters. The summed E-state index contributed by atoms with van der Waals surface area (Å²) in [4.78, 5) is 11.6. The Labute approximate surface area is 125 Å². The fourth-order valence-corrected chi connectivity index (χ4v) is 1.83. The molecule has 5 N–H and O–H groups in total. The van der Waals surface area contributed by atoms with Crippen molar-refractivity contribution in [3.05, 3.63) is 47.8 Å². The second kappa shape index (κ2) is 6.66. The van der Waals surface area contributed by atoms with E-state index in [2.05, 4.69) is 10.6 Å². The highest BCUT2D eigenvalue weighted by Gasteiger charge is 2.08. The molecule has 0 unspecified atom stereocenters. The van der Waals surface area contributed by atoms with Gasteiger partial charge in [0.25, 0.3) is 0 Å². The zero-order valence-corrected chi connectivity index (χ0v) is 11.5. The molecular weight excluding hydrogens is 291 g/mol. The van der Waals surface area contributed by atoms with Gasteiger partial charge < -0.3 is 26.0 Å². The second-order valence-electron chi connectivity index (χ2n) is 4.62. The van der Waals surface area contributed by atoms with Crippen LogP contribution in [-0.4, -0.2) is 27.9 Å². The molecule has 0 fully saturated rings. The molecule has 2 aromatic rings. The molecule has 2 rings (SSSR count). The third-order valence-electron chi connectivity index (χ3n) is 2.93. The number of carbonyl (C=O) groups is 1. The van der Waals surface area contributed by atoms with Crippen LogP contribution in [0.1, 0.15) is 5.56 Å². The standard InChI is InChI=1S/C15H15FN2O4/c16-10-1-3-11(4-2-10)18-15(22)17-6-5-9-7-12(19)14(21)13(20)8-9/h1-4,7-8,19-21H,5-6H2,(H2,17,18,22). The Hall–Kier alpha value is -2.96. The maximum Gasteiger partial charge on any atom is 0.319 e. The van der Waals surface area contributed by atoms with Crippen LogP contribution >= 0.6 is 0 Å². The number of halogens is 1. The van der Waals surface area contributed by atoms with Gasteiger partial charge in [0, 0.05) is 12.2 Å². The lowest BCUT2D eigenvalue weighted by Crippen LogP contribution is -2.30. The molecule has 2 aromatic carbocycles. The number of amides is 2. The van der Waals surface area contributed by atoms with Crippen molar-refractivity contribution in [3.63, 3.8) is 0 Å². The van der Waals surface area contributed by atoms with Gasteiger partial charge in [-0.05, 0) is 48.4 Å². The summed E-state index contributed by atoms with van der Waals surface area (Å²) in [7, 11) is 0. The highest BCUT2D eigenvalue weighted by Crippen LogP contribution is 2.35. The van der Waals surface area contributed by atoms with Crippen LogP contribution in [0.2, 0.25) is 0 Å². The Bertz CT molecular complexity index is 651. The molecule has 2 amide bonds. The number of carbonyl (C=O) groups excluding carboxylic acids is 1. The smallest absolute Gasteiger partial charge is 0.319 e. The highest BCUT2D eigenvalue weighted by atomic mass is 19.1. The van der Waals surface area contributed by atoms with Crippen LogP contribution in [0.3, 0.4) is 0 Å². The predicted octanol–water partition coefficient (Wildman–Crippen LogP) is 2.31. The van der Waals surface area contributed by atoms with E-state index in [1.807, 2.05) is 0 Å². The predicted molar refractivity (Wildman–Crippen MR) is 78.6 cm³/mol. The van der Waals surface area contributed by atoms with Crippen molar-refractivity contribution in [1.29, 1.82) is 0 Å². The van der Waals surface area contributed by atoms with Gasteiger partial charge in [-0.15, -0.1) is 0 Å². The van der Waals surface area contributed by atoms with Crippen molar-refractivity contribution in [3.8, 4) is 17.2 Å². The molecule has 0 heterocycles. The number of phenols is 3. The normalized spacial score (nSPS) is 10.2. The van der Waals surface area contributed by atoms with Gasteiger partial charge in [-0.2, -0.15) is 0 Å². The molecular formula is C15H15FN2O4. The molecule has 0 aliphatic carbocycles. The number of hydrogen-bond donors (Lipinski definition) is 5. The monoisotopic (exact) mass is 306 g/mol. The van der Waals surface area contributed by atoms with E-state index in [1.165, 1.54) is 36.4 Å². The number of nitrogens with one attached hydrogen (secondary N) is 2. The summed E-state index contributed by atoms with van der Waals surface area (Å²) in [6.07, 6.45) is 0.345. The van der Waals surface area contributed by atoms with Gasteiger partial charge in [0.2, 0.25) is 0 Å². The largest absolute Gasteiger partial charge is 0.504 e. The van der Waals surface area contributed by atoms with E-state index >= 15 is 0 Å². The van der Waals surface area contributed by atoms with E-state index in [4.69, 9.17) is 0 Å². The summed E-state index contributed by atoms with van der Waals surface area (Å²) >= 11 is 0. The molecule has 6 nitrogen and oxygen atoms in total. The average molecular weight is 306 g/mol. The maximum absolute atomic E-state index is 12.7. The minimum Gasteiger partial charge on any atom is -0.504 e. The van der Waals surface area contributed by atoms with Crippen molar-refractivity contribution in [2.24, 2.45) is 0 Å². The van der Waals surface area contributed by atoms with E-state index in [1.54, 1.807) is 0 Å². The van der Waals surface area contributed by atoms with Crippen molar-refractivity contribution in [1.82, 2.24) is 5.32 Å². The number of aromatic hydroxyl groups is 3. The van der Waals surface area contributed by atoms with Gasteiger partial charge in [0.05, 0.1) is 0 Å². The van der Waals surface area contributed by atoms with Gasteiger partial charge in [-0.3, -0.25) is 0 Å². The van der Waals surface area contributed by atoms with Crippen LogP contribution in [0.4, 0.5) is 14.9 Å². The van der Waals surface area contributed by atoms with Gasteiger partial charge >= 0.3 is 6.03 Å². The lowest BCUT2D eigenvalue weighted by molar-refractivity contribution is 0.252. The second-order valence-corrected chi connectivity index (χ2v) is 4.62. The van der Waals surface area contributed by atoms with Crippen LogP contribution in [-0.2, 0) is 6.42 Å². The lowest BCUT2D eigenvalue weighted by atomic mass is 10.1. The van der Waals surface area contributed by atoms with E-state index < -0.39 is 29.1 Å². The Morgan fingerprint density at radius 1 is 1.05 bits per heavy atom. The highest BCUT2D eigenvalue weighted by molar-refractivity contribution is 5.89. The maximum atomic E-state index is 12.7. The topological polar surface area (TPSA) is 102 Å². The fourth-order valence-electron chi connectivity index (χ4n) is 1.83. The Kier molecular flexibility index (Phi) is 4.67. The van der Waals surface area contributed by atoms with Gasteiger partial charge in [0.15, 0.2) is 17.2 Å². The molecule has 22 heavy (non-hydrogen) atoms. The van der Waals surface area contributed by atoms with Gasteiger partial charge in [-0.1, -0.05) is 0 Å². The zero-order chi connectivity index (χ0) is 16.1. The first-order chi connectivity index (χ1) is 10.5. The average Bonchev–Trinajstić information content (AvgIpc) is 2.47. The Balaban J connectivity index is 1.83. The van der Waals surface area contributed by atoms with Crippen molar-refractivity contribution in [2.45, 2.75) is 6.42 Å². The molecule has 0 spiro atoms. The molecule has 0 aromatic heterocycles. The molecule has 0 saturated heterocycles. The summed E-state index contributed by atoms with van der Waals surface area (Å²) in [5.74, 6) is -1.82. The van der Waals surface area contributed by atoms with Crippen LogP contribution in [0.25, 0.3) is 0 Å². The molecule has 0 aliphatic rings. The van der Waals surface area contributed by atoms with Crippen LogP contribution < -0.4 is 10.6 Å². The number of rotatable bonds is 4. The molecule has 0 radical (unpaired) electrons. The minimum absolute atomic E-state index is 0.247. The summed E-state index contributed by atoms with van der Waals surface area (Å²) in [6, 6.07) is 7.48. The fraction of sp³-hybridized carbons (Fsp3) is 0.133. The van der Waals surface area contributed by atoms with E-state index in [0.717, 1.165) is 0 Å². The van der Waals surface area contributed by atoms with Crippen LogP contribution in [0.5, 0.6) is 17.2 Å². The number of anilines is 1.